The first-order valence-corrected chi connectivity index (χ1v) is 12.7. The number of hydrogen-bond acceptors (Lipinski definition) is 5. The lowest BCUT2D eigenvalue weighted by Gasteiger charge is -2.30. The minimum Gasteiger partial charge on any atom is -0.490 e. The van der Waals surface area contributed by atoms with E-state index in [1.54, 1.807) is 34.3 Å². The zero-order valence-corrected chi connectivity index (χ0v) is 19.1. The van der Waals surface area contributed by atoms with Gasteiger partial charge in [-0.05, 0) is 67.1 Å². The summed E-state index contributed by atoms with van der Waals surface area (Å²) in [6.45, 7) is 3.92. The fourth-order valence-electron chi connectivity index (χ4n) is 4.94. The summed E-state index contributed by atoms with van der Waals surface area (Å²) in [5.74, 6) is 1.38. The van der Waals surface area contributed by atoms with Gasteiger partial charge < -0.3 is 14.4 Å². The van der Waals surface area contributed by atoms with Gasteiger partial charge in [0.2, 0.25) is 15.9 Å². The van der Waals surface area contributed by atoms with E-state index in [4.69, 9.17) is 9.47 Å². The highest BCUT2D eigenvalue weighted by atomic mass is 32.2. The quantitative estimate of drug-likeness (QED) is 0.704. The monoisotopic (exact) mass is 456 g/mol. The van der Waals surface area contributed by atoms with Gasteiger partial charge in [0.05, 0.1) is 24.2 Å². The maximum absolute atomic E-state index is 13.7. The molecule has 170 valence electrons. The number of fused-ring (bicyclic) bond motifs is 2. The molecule has 8 heteroatoms. The highest BCUT2D eigenvalue weighted by molar-refractivity contribution is 7.89. The van der Waals surface area contributed by atoms with Crippen LogP contribution in [0.1, 0.15) is 49.8 Å². The number of nitrogens with zero attached hydrogens (tertiary/aromatic N) is 2. The van der Waals surface area contributed by atoms with Crippen LogP contribution in [-0.4, -0.2) is 44.9 Å². The number of benzene rings is 2. The van der Waals surface area contributed by atoms with Crippen LogP contribution in [-0.2, 0) is 21.2 Å². The first-order valence-electron chi connectivity index (χ1n) is 11.3. The van der Waals surface area contributed by atoms with E-state index in [-0.39, 0.29) is 11.9 Å². The van der Waals surface area contributed by atoms with Gasteiger partial charge in [0.15, 0.2) is 11.5 Å². The summed E-state index contributed by atoms with van der Waals surface area (Å²) in [7, 11) is -3.68. The molecule has 2 aromatic carbocycles. The van der Waals surface area contributed by atoms with Gasteiger partial charge >= 0.3 is 0 Å². The van der Waals surface area contributed by atoms with E-state index in [1.807, 2.05) is 18.2 Å². The molecule has 3 heterocycles. The van der Waals surface area contributed by atoms with Crippen molar-refractivity contribution in [2.24, 2.45) is 0 Å². The van der Waals surface area contributed by atoms with Crippen molar-refractivity contribution in [2.45, 2.75) is 50.0 Å². The molecule has 0 bridgehead atoms. The summed E-state index contributed by atoms with van der Waals surface area (Å²) in [6, 6.07) is 10.7. The molecule has 5 rings (SSSR count). The number of amides is 1. The Labute approximate surface area is 189 Å². The van der Waals surface area contributed by atoms with Crippen LogP contribution >= 0.6 is 0 Å². The lowest BCUT2D eigenvalue weighted by atomic mass is 10.0. The van der Waals surface area contributed by atoms with Gasteiger partial charge in [-0.1, -0.05) is 6.07 Å². The van der Waals surface area contributed by atoms with E-state index in [0.717, 1.165) is 48.9 Å². The van der Waals surface area contributed by atoms with Crippen LogP contribution < -0.4 is 14.4 Å². The van der Waals surface area contributed by atoms with Gasteiger partial charge in [0, 0.05) is 32.1 Å². The summed E-state index contributed by atoms with van der Waals surface area (Å²) in [6.07, 6.45) is 4.00. The molecular formula is C24H28N2O5S. The van der Waals surface area contributed by atoms with E-state index >= 15 is 0 Å². The molecule has 0 saturated carbocycles. The molecule has 7 nitrogen and oxygen atoms in total. The molecule has 0 aliphatic carbocycles. The van der Waals surface area contributed by atoms with E-state index < -0.39 is 10.0 Å². The first-order chi connectivity index (χ1) is 15.4. The molecule has 0 unspecified atom stereocenters. The Balaban J connectivity index is 1.46. The predicted molar refractivity (Wildman–Crippen MR) is 121 cm³/mol. The molecule has 32 heavy (non-hydrogen) atoms. The molecule has 0 aromatic heterocycles. The third kappa shape index (κ3) is 3.75. The Bertz CT molecular complexity index is 1150. The number of ether oxygens (including phenoxy) is 2. The smallest absolute Gasteiger partial charge is 0.243 e. The van der Waals surface area contributed by atoms with E-state index in [2.05, 4.69) is 0 Å². The van der Waals surface area contributed by atoms with Gasteiger partial charge in [0.25, 0.3) is 0 Å². The van der Waals surface area contributed by atoms with E-state index in [9.17, 15) is 13.2 Å². The fourth-order valence-corrected chi connectivity index (χ4v) is 6.68. The molecule has 1 fully saturated rings. The molecule has 3 aliphatic heterocycles. The van der Waals surface area contributed by atoms with Crippen LogP contribution in [0.15, 0.2) is 41.3 Å². The molecule has 3 aliphatic rings. The third-order valence-corrected chi connectivity index (χ3v) is 8.42. The average molecular weight is 457 g/mol. The minimum absolute atomic E-state index is 0.0180. The Hall–Kier alpha value is -2.58. The maximum atomic E-state index is 13.7. The van der Waals surface area contributed by atoms with Crippen LogP contribution in [0.25, 0.3) is 0 Å². The van der Waals surface area contributed by atoms with Gasteiger partial charge in [-0.15, -0.1) is 0 Å². The predicted octanol–water partition coefficient (Wildman–Crippen LogP) is 3.67. The summed E-state index contributed by atoms with van der Waals surface area (Å²) in [4.78, 5) is 14.0. The normalized spacial score (nSPS) is 21.2. The Morgan fingerprint density at radius 3 is 2.59 bits per heavy atom. The van der Waals surface area contributed by atoms with Gasteiger partial charge in [-0.3, -0.25) is 4.79 Å². The second-order valence-electron chi connectivity index (χ2n) is 8.60. The van der Waals surface area contributed by atoms with Crippen LogP contribution in [0.4, 0.5) is 5.69 Å². The largest absolute Gasteiger partial charge is 0.490 e. The second-order valence-corrected chi connectivity index (χ2v) is 10.5. The standard InChI is InChI=1S/C24H28N2O5S/c1-17(27)25-11-2-5-18-15-20(8-9-21(18)25)32(28,29)26-12-3-6-22(26)19-7-10-23-24(16-19)31-14-4-13-30-23/h7-10,15-16,22H,2-6,11-14H2,1H3/t22-/m1/s1. The molecule has 1 amide bonds. The van der Waals surface area contributed by atoms with Crippen molar-refractivity contribution in [2.75, 3.05) is 31.2 Å². The average Bonchev–Trinajstić information content (AvgIpc) is 3.18. The zero-order valence-electron chi connectivity index (χ0n) is 18.2. The number of anilines is 1. The zero-order chi connectivity index (χ0) is 22.3. The Morgan fingerprint density at radius 1 is 0.969 bits per heavy atom. The lowest BCUT2D eigenvalue weighted by molar-refractivity contribution is -0.116. The van der Waals surface area contributed by atoms with Crippen molar-refractivity contribution in [3.63, 3.8) is 0 Å². The second kappa shape index (κ2) is 8.41. The van der Waals surface area contributed by atoms with Gasteiger partial charge in [-0.25, -0.2) is 8.42 Å². The van der Waals surface area contributed by atoms with E-state index in [0.29, 0.717) is 42.7 Å². The minimum atomic E-state index is -3.68. The van der Waals surface area contributed by atoms with Crippen molar-refractivity contribution < 1.29 is 22.7 Å². The summed E-state index contributed by atoms with van der Waals surface area (Å²) in [5.41, 5.74) is 2.67. The van der Waals surface area contributed by atoms with Crippen molar-refractivity contribution in [1.29, 1.82) is 0 Å². The van der Waals surface area contributed by atoms with Crippen LogP contribution in [0.3, 0.4) is 0 Å². The van der Waals surface area contributed by atoms with Crippen LogP contribution in [0, 0.1) is 0 Å². The summed E-state index contributed by atoms with van der Waals surface area (Å²) >= 11 is 0. The van der Waals surface area contributed by atoms with Crippen molar-refractivity contribution in [3.8, 4) is 11.5 Å². The third-order valence-electron chi connectivity index (χ3n) is 6.52. The number of carbonyl (C=O) groups excluding carboxylic acids is 1. The number of carbonyl (C=O) groups is 1. The number of aryl methyl sites for hydroxylation is 1. The molecule has 0 radical (unpaired) electrons. The fraction of sp³-hybridized carbons (Fsp3) is 0.458. The Kier molecular flexibility index (Phi) is 5.59. The van der Waals surface area contributed by atoms with E-state index in [1.165, 1.54) is 0 Å². The highest BCUT2D eigenvalue weighted by Crippen LogP contribution is 2.41. The molecule has 2 aromatic rings. The first kappa shape index (κ1) is 21.3. The molecular weight excluding hydrogens is 428 g/mol. The van der Waals surface area contributed by atoms with Crippen LogP contribution in [0.2, 0.25) is 0 Å². The van der Waals surface area contributed by atoms with Crippen molar-refractivity contribution in [3.05, 3.63) is 47.5 Å². The highest BCUT2D eigenvalue weighted by Gasteiger charge is 2.37. The SMILES string of the molecule is CC(=O)N1CCCc2cc(S(=O)(=O)N3CCC[C@@H]3c3ccc4c(c3)OCCCO4)ccc21. The maximum Gasteiger partial charge on any atom is 0.243 e. The van der Waals surface area contributed by atoms with Crippen molar-refractivity contribution in [1.82, 2.24) is 4.31 Å². The topological polar surface area (TPSA) is 76.2 Å². The number of sulfonamides is 1. The number of rotatable bonds is 3. The van der Waals surface area contributed by atoms with Gasteiger partial charge in [-0.2, -0.15) is 4.31 Å². The van der Waals surface area contributed by atoms with Crippen molar-refractivity contribution >= 4 is 21.6 Å². The molecule has 0 N–H and O–H groups in total. The Morgan fingerprint density at radius 2 is 1.78 bits per heavy atom. The lowest BCUT2D eigenvalue weighted by Crippen LogP contribution is -2.34. The number of hydrogen-bond donors (Lipinski definition) is 0. The summed E-state index contributed by atoms with van der Waals surface area (Å²) < 4.78 is 40.5. The summed E-state index contributed by atoms with van der Waals surface area (Å²) in [5, 5.41) is 0. The molecule has 1 saturated heterocycles. The molecule has 0 spiro atoms. The van der Waals surface area contributed by atoms with Gasteiger partial charge in [0.1, 0.15) is 0 Å². The van der Waals surface area contributed by atoms with Crippen LogP contribution in [0.5, 0.6) is 11.5 Å². The molecule has 1 atom stereocenters.